The number of aromatic nitrogens is 1. The van der Waals surface area contributed by atoms with Crippen LogP contribution in [0.15, 0.2) is 46.2 Å². The summed E-state index contributed by atoms with van der Waals surface area (Å²) in [5.41, 5.74) is 0.647. The maximum Gasteiger partial charge on any atom is 0.183 e. The average Bonchev–Trinajstić information content (AvgIpc) is 2.96. The first-order valence-electron chi connectivity index (χ1n) is 7.76. The monoisotopic (exact) mass is 329 g/mol. The van der Waals surface area contributed by atoms with Crippen molar-refractivity contribution in [2.24, 2.45) is 10.4 Å². The molecule has 4 rings (SSSR count). The lowest BCUT2D eigenvalue weighted by atomic mass is 9.92. The van der Waals surface area contributed by atoms with E-state index in [2.05, 4.69) is 24.1 Å². The fourth-order valence-corrected chi connectivity index (χ4v) is 4.26. The van der Waals surface area contributed by atoms with Crippen molar-refractivity contribution in [1.29, 1.82) is 0 Å². The lowest BCUT2D eigenvalue weighted by Gasteiger charge is -2.19. The van der Waals surface area contributed by atoms with Crippen LogP contribution in [0, 0.1) is 5.41 Å². The SMILES string of the molecule is CC(C)Nc1nc(C2=NC34C=C(O)C=CC3(C4)C(O)=CC2)cs1. The quantitative estimate of drug-likeness (QED) is 0.789. The molecule has 2 unspecified atom stereocenters. The maximum atomic E-state index is 10.5. The fourth-order valence-electron chi connectivity index (χ4n) is 3.40. The standard InChI is InChI=1S/C17H19N3O2S/c1-10(2)18-15-19-13(8-23-15)12-3-4-14(22)16-6-5-11(21)7-17(16,9-16)20-12/h4-8,10,21-22H,3,9H2,1-2H3,(H,18,19). The van der Waals surface area contributed by atoms with Crippen LogP contribution in [0.25, 0.3) is 0 Å². The van der Waals surface area contributed by atoms with Crippen LogP contribution >= 0.6 is 11.3 Å². The average molecular weight is 329 g/mol. The molecule has 1 aromatic rings. The summed E-state index contributed by atoms with van der Waals surface area (Å²) in [7, 11) is 0. The molecule has 0 amide bonds. The van der Waals surface area contributed by atoms with Gasteiger partial charge < -0.3 is 15.5 Å². The van der Waals surface area contributed by atoms with Crippen LogP contribution in [0.1, 0.15) is 32.4 Å². The van der Waals surface area contributed by atoms with Gasteiger partial charge in [0.05, 0.1) is 16.8 Å². The largest absolute Gasteiger partial charge is 0.512 e. The Morgan fingerprint density at radius 3 is 2.96 bits per heavy atom. The van der Waals surface area contributed by atoms with Crippen molar-refractivity contribution in [3.63, 3.8) is 0 Å². The molecule has 1 fully saturated rings. The summed E-state index contributed by atoms with van der Waals surface area (Å²) in [5, 5.41) is 26.5. The summed E-state index contributed by atoms with van der Waals surface area (Å²) in [6.45, 7) is 4.15. The molecule has 3 aliphatic rings. The van der Waals surface area contributed by atoms with Gasteiger partial charge in [0.25, 0.3) is 0 Å². The van der Waals surface area contributed by atoms with Crippen LogP contribution in [-0.2, 0) is 0 Å². The highest BCUT2D eigenvalue weighted by atomic mass is 32.1. The van der Waals surface area contributed by atoms with Gasteiger partial charge in [-0.15, -0.1) is 11.3 Å². The van der Waals surface area contributed by atoms with Crippen molar-refractivity contribution < 1.29 is 10.2 Å². The molecule has 0 spiro atoms. The van der Waals surface area contributed by atoms with Crippen molar-refractivity contribution in [1.82, 2.24) is 4.98 Å². The summed E-state index contributed by atoms with van der Waals surface area (Å²) >= 11 is 1.55. The van der Waals surface area contributed by atoms with Crippen molar-refractivity contribution in [3.05, 3.63) is 46.9 Å². The van der Waals surface area contributed by atoms with E-state index in [1.807, 2.05) is 17.5 Å². The molecular weight excluding hydrogens is 310 g/mol. The molecule has 2 aliphatic carbocycles. The third-order valence-electron chi connectivity index (χ3n) is 4.61. The van der Waals surface area contributed by atoms with Gasteiger partial charge in [0.2, 0.25) is 0 Å². The fraction of sp³-hybridized carbons (Fsp3) is 0.412. The Labute approximate surface area is 138 Å². The Kier molecular flexibility index (Phi) is 2.97. The molecule has 1 aliphatic heterocycles. The molecule has 1 saturated carbocycles. The number of nitrogens with zero attached hydrogens (tertiary/aromatic N) is 2. The molecule has 1 aromatic heterocycles. The zero-order chi connectivity index (χ0) is 16.2. The van der Waals surface area contributed by atoms with Crippen molar-refractivity contribution in [2.75, 3.05) is 5.32 Å². The van der Waals surface area contributed by atoms with Gasteiger partial charge in [-0.05, 0) is 38.5 Å². The van der Waals surface area contributed by atoms with E-state index in [0.717, 1.165) is 16.5 Å². The second kappa shape index (κ2) is 4.71. The topological polar surface area (TPSA) is 77.7 Å². The van der Waals surface area contributed by atoms with Gasteiger partial charge in [-0.3, -0.25) is 4.99 Å². The Hall–Kier alpha value is -2.08. The van der Waals surface area contributed by atoms with E-state index in [0.29, 0.717) is 24.6 Å². The molecule has 5 nitrogen and oxygen atoms in total. The number of hydrogen-bond acceptors (Lipinski definition) is 6. The van der Waals surface area contributed by atoms with Crippen molar-refractivity contribution >= 4 is 22.2 Å². The first-order valence-corrected chi connectivity index (χ1v) is 8.64. The van der Waals surface area contributed by atoms with Crippen LogP contribution in [0.4, 0.5) is 5.13 Å². The minimum Gasteiger partial charge on any atom is -0.512 e. The number of nitrogens with one attached hydrogen (secondary N) is 1. The maximum absolute atomic E-state index is 10.5. The second-order valence-electron chi connectivity index (χ2n) is 6.66. The summed E-state index contributed by atoms with van der Waals surface area (Å²) in [5.74, 6) is 0.545. The highest BCUT2D eigenvalue weighted by Gasteiger charge is 2.70. The Balaban J connectivity index is 1.72. The van der Waals surface area contributed by atoms with Crippen molar-refractivity contribution in [3.8, 4) is 0 Å². The number of thiazole rings is 1. The zero-order valence-corrected chi connectivity index (χ0v) is 13.9. The third kappa shape index (κ3) is 2.12. The van der Waals surface area contributed by atoms with Gasteiger partial charge in [0.15, 0.2) is 5.13 Å². The smallest absolute Gasteiger partial charge is 0.183 e. The van der Waals surface area contributed by atoms with Crippen LogP contribution in [-0.4, -0.2) is 32.5 Å². The van der Waals surface area contributed by atoms with E-state index in [4.69, 9.17) is 4.99 Å². The highest BCUT2D eigenvalue weighted by Crippen LogP contribution is 2.67. The highest BCUT2D eigenvalue weighted by molar-refractivity contribution is 7.13. The van der Waals surface area contributed by atoms with Gasteiger partial charge in [-0.2, -0.15) is 0 Å². The molecule has 3 N–H and O–H groups in total. The van der Waals surface area contributed by atoms with Crippen molar-refractivity contribution in [2.45, 2.75) is 38.3 Å². The zero-order valence-electron chi connectivity index (χ0n) is 13.1. The molecule has 120 valence electrons. The van der Waals surface area contributed by atoms with Crippen LogP contribution in [0.3, 0.4) is 0 Å². The molecule has 0 saturated heterocycles. The second-order valence-corrected chi connectivity index (χ2v) is 7.52. The first-order chi connectivity index (χ1) is 10.9. The van der Waals surface area contributed by atoms with Gasteiger partial charge in [-0.1, -0.05) is 6.08 Å². The van der Waals surface area contributed by atoms with Gasteiger partial charge in [0.1, 0.15) is 17.1 Å². The lowest BCUT2D eigenvalue weighted by molar-refractivity contribution is 0.328. The molecule has 0 bridgehead atoms. The molecule has 6 heteroatoms. The summed E-state index contributed by atoms with van der Waals surface area (Å²) in [4.78, 5) is 9.50. The predicted octanol–water partition coefficient (Wildman–Crippen LogP) is 3.74. The number of aliphatic hydroxyl groups is 2. The van der Waals surface area contributed by atoms with E-state index in [9.17, 15) is 10.2 Å². The molecule has 23 heavy (non-hydrogen) atoms. The van der Waals surface area contributed by atoms with E-state index < -0.39 is 11.0 Å². The van der Waals surface area contributed by atoms with E-state index in [-0.39, 0.29) is 5.76 Å². The first kappa shape index (κ1) is 14.5. The van der Waals surface area contributed by atoms with E-state index in [1.54, 1.807) is 23.5 Å². The van der Waals surface area contributed by atoms with Crippen LogP contribution in [0.2, 0.25) is 0 Å². The van der Waals surface area contributed by atoms with Gasteiger partial charge in [-0.25, -0.2) is 4.98 Å². The van der Waals surface area contributed by atoms with Gasteiger partial charge in [0, 0.05) is 17.8 Å². The predicted molar refractivity (Wildman–Crippen MR) is 92.4 cm³/mol. The van der Waals surface area contributed by atoms with Crippen LogP contribution in [0.5, 0.6) is 0 Å². The Morgan fingerprint density at radius 1 is 1.35 bits per heavy atom. The normalized spacial score (nSPS) is 31.5. The number of anilines is 1. The lowest BCUT2D eigenvalue weighted by Crippen LogP contribution is -2.20. The van der Waals surface area contributed by atoms with E-state index in [1.165, 1.54) is 0 Å². The summed E-state index contributed by atoms with van der Waals surface area (Å²) < 4.78 is 0. The summed E-state index contributed by atoms with van der Waals surface area (Å²) in [6, 6.07) is 0.326. The molecule has 2 atom stereocenters. The minimum absolute atomic E-state index is 0.205. The summed E-state index contributed by atoms with van der Waals surface area (Å²) in [6.07, 6.45) is 8.32. The van der Waals surface area contributed by atoms with Crippen LogP contribution < -0.4 is 5.32 Å². The Morgan fingerprint density at radius 2 is 2.17 bits per heavy atom. The molecule has 2 heterocycles. The third-order valence-corrected chi connectivity index (χ3v) is 5.39. The number of aliphatic imine (C=N–C) groups is 1. The Bertz CT molecular complexity index is 790. The number of hydrogen-bond donors (Lipinski definition) is 3. The molecule has 0 radical (unpaired) electrons. The minimum atomic E-state index is -0.562. The van der Waals surface area contributed by atoms with Gasteiger partial charge >= 0.3 is 0 Å². The number of allylic oxidation sites excluding steroid dienone is 2. The number of rotatable bonds is 3. The van der Waals surface area contributed by atoms with E-state index >= 15 is 0 Å². The molecule has 0 aromatic carbocycles. The number of aliphatic hydroxyl groups excluding tert-OH is 2. The molecular formula is C17H19N3O2S.